The minimum atomic E-state index is 0.0168. The lowest BCUT2D eigenvalue weighted by molar-refractivity contribution is 0.332. The van der Waals surface area contributed by atoms with Gasteiger partial charge in [-0.25, -0.2) is 0 Å². The quantitative estimate of drug-likeness (QED) is 0.144. The molecule has 1 heterocycles. The van der Waals surface area contributed by atoms with E-state index in [2.05, 4.69) is 256 Å². The Kier molecular flexibility index (Phi) is 11.6. The third kappa shape index (κ3) is 9.04. The second kappa shape index (κ2) is 17.0. The fourth-order valence-electron chi connectivity index (χ4n) is 9.95. The van der Waals surface area contributed by atoms with E-state index >= 15 is 0 Å². The molecule has 0 fully saturated rings. The fraction of sp³-hybridized carbons (Fsp3) is 0.302. The lowest BCUT2D eigenvalue weighted by atomic mass is 9.63. The Morgan fingerprint density at radius 2 is 0.791 bits per heavy atom. The van der Waals surface area contributed by atoms with E-state index in [-0.39, 0.29) is 21.7 Å². The van der Waals surface area contributed by atoms with Crippen molar-refractivity contribution in [3.05, 3.63) is 197 Å². The maximum Gasteiger partial charge on any atom is 0.136 e. The van der Waals surface area contributed by atoms with Gasteiger partial charge in [-0.2, -0.15) is 0 Å². The summed E-state index contributed by atoms with van der Waals surface area (Å²) >= 11 is 0. The van der Waals surface area contributed by atoms with Gasteiger partial charge in [0.1, 0.15) is 11.8 Å². The summed E-state index contributed by atoms with van der Waals surface area (Å²) in [5.41, 5.74) is 19.8. The number of anilines is 9. The number of hydrogen-bond acceptors (Lipinski definition) is 4. The summed E-state index contributed by atoms with van der Waals surface area (Å²) < 4.78 is 6.63. The largest absolute Gasteiger partial charge is 0.462 e. The molecule has 1 aliphatic carbocycles. The summed E-state index contributed by atoms with van der Waals surface area (Å²) in [6, 6.07) is 56.7. The molecule has 0 unspecified atom stereocenters. The van der Waals surface area contributed by atoms with Crippen LogP contribution in [0.4, 0.5) is 51.2 Å². The fourth-order valence-corrected chi connectivity index (χ4v) is 9.95. The van der Waals surface area contributed by atoms with Crippen molar-refractivity contribution >= 4 is 62.2 Å². The predicted molar refractivity (Wildman–Crippen MR) is 287 cm³/mol. The molecule has 0 atom stereocenters. The average molecular weight is 884 g/mol. The van der Waals surface area contributed by atoms with Crippen molar-refractivity contribution in [3.8, 4) is 0 Å². The number of aryl methyl sites for hydroxylation is 3. The van der Waals surface area contributed by atoms with Gasteiger partial charge in [0, 0.05) is 50.9 Å². The predicted octanol–water partition coefficient (Wildman–Crippen LogP) is 18.7. The van der Waals surface area contributed by atoms with Crippen LogP contribution >= 0.6 is 0 Å². The Balaban J connectivity index is 1.25. The average Bonchev–Trinajstić information content (AvgIpc) is 3.69. The molecule has 4 nitrogen and oxygen atoms in total. The molecule has 1 aromatic heterocycles. The first kappa shape index (κ1) is 45.6. The topological polar surface area (TPSA) is 22.9 Å². The normalized spacial score (nSPS) is 14.5. The molecular weight excluding hydrogens is 815 g/mol. The van der Waals surface area contributed by atoms with Crippen LogP contribution < -0.4 is 14.7 Å². The van der Waals surface area contributed by atoms with Gasteiger partial charge in [0.25, 0.3) is 0 Å². The molecule has 0 bridgehead atoms. The highest BCUT2D eigenvalue weighted by atomic mass is 16.3. The first-order chi connectivity index (χ1) is 31.7. The molecule has 0 saturated carbocycles. The summed E-state index contributed by atoms with van der Waals surface area (Å²) in [5, 5.41) is 1.13. The zero-order chi connectivity index (χ0) is 47.6. The number of rotatable bonds is 9. The van der Waals surface area contributed by atoms with Crippen molar-refractivity contribution in [3.63, 3.8) is 0 Å². The van der Waals surface area contributed by atoms with Crippen molar-refractivity contribution in [2.24, 2.45) is 0 Å². The van der Waals surface area contributed by atoms with Crippen molar-refractivity contribution in [2.45, 2.75) is 125 Å². The first-order valence-electron chi connectivity index (χ1n) is 24.2. The molecule has 0 N–H and O–H groups in total. The molecule has 9 rings (SSSR count). The van der Waals surface area contributed by atoms with Gasteiger partial charge in [-0.1, -0.05) is 135 Å². The number of benzene rings is 7. The Bertz CT molecular complexity index is 3000. The Labute approximate surface area is 400 Å². The summed E-state index contributed by atoms with van der Waals surface area (Å²) in [6.45, 7) is 29.8. The van der Waals surface area contributed by atoms with E-state index in [1.54, 1.807) is 0 Å². The zero-order valence-corrected chi connectivity index (χ0v) is 42.2. The van der Waals surface area contributed by atoms with Crippen molar-refractivity contribution in [1.29, 1.82) is 0 Å². The van der Waals surface area contributed by atoms with Crippen LogP contribution in [0.3, 0.4) is 0 Å². The second-order valence-electron chi connectivity index (χ2n) is 22.6. The van der Waals surface area contributed by atoms with Crippen LogP contribution in [0.5, 0.6) is 0 Å². The highest BCUT2D eigenvalue weighted by Gasteiger charge is 2.38. The Hall–Kier alpha value is -6.52. The van der Waals surface area contributed by atoms with Crippen LogP contribution in [0.25, 0.3) is 11.0 Å². The van der Waals surface area contributed by atoms with Crippen molar-refractivity contribution in [2.75, 3.05) is 14.7 Å². The van der Waals surface area contributed by atoms with Crippen LogP contribution in [-0.4, -0.2) is 0 Å². The van der Waals surface area contributed by atoms with E-state index in [9.17, 15) is 0 Å². The van der Waals surface area contributed by atoms with Gasteiger partial charge >= 0.3 is 0 Å². The molecule has 67 heavy (non-hydrogen) atoms. The Morgan fingerprint density at radius 3 is 1.25 bits per heavy atom. The monoisotopic (exact) mass is 884 g/mol. The lowest BCUT2D eigenvalue weighted by Crippen LogP contribution is -2.33. The number of nitrogens with zero attached hydrogens (tertiary/aromatic N) is 3. The first-order valence-corrected chi connectivity index (χ1v) is 24.2. The molecule has 342 valence electrons. The Morgan fingerprint density at radius 1 is 0.403 bits per heavy atom. The number of fused-ring (bicyclic) bond motifs is 2. The smallest absolute Gasteiger partial charge is 0.136 e. The molecule has 7 aromatic carbocycles. The van der Waals surface area contributed by atoms with E-state index in [0.717, 1.165) is 80.6 Å². The van der Waals surface area contributed by atoms with E-state index < -0.39 is 0 Å². The highest BCUT2D eigenvalue weighted by molar-refractivity contribution is 5.98. The van der Waals surface area contributed by atoms with E-state index in [1.807, 2.05) is 6.26 Å². The van der Waals surface area contributed by atoms with E-state index in [0.29, 0.717) is 0 Å². The molecule has 0 aliphatic heterocycles. The van der Waals surface area contributed by atoms with Gasteiger partial charge in [-0.15, -0.1) is 0 Å². The standard InChI is InChI=1S/C63H69N3O/c1-42-17-25-47(26-18-42)64(48-27-19-43(2)20-28-48)51-15-14-16-52(37-51)65(49-29-21-45(22-30-49)60(4,5)6)53-35-44(3)36-54(38-53)66(50-31-23-46(24-32-50)61(7,8)9)58-41-67-59-40-57-56(39-55(58)59)62(10,11)33-34-63(57,12)13/h14-32,35-41H,33-34H2,1-13H3. The summed E-state index contributed by atoms with van der Waals surface area (Å²) in [4.78, 5) is 7.19. The van der Waals surface area contributed by atoms with Crippen LogP contribution in [-0.2, 0) is 21.7 Å². The van der Waals surface area contributed by atoms with E-state index in [4.69, 9.17) is 4.42 Å². The summed E-state index contributed by atoms with van der Waals surface area (Å²) in [6.07, 6.45) is 4.28. The molecule has 1 aliphatic rings. The summed E-state index contributed by atoms with van der Waals surface area (Å²) in [7, 11) is 0. The molecule has 4 heteroatoms. The third-order valence-corrected chi connectivity index (χ3v) is 14.2. The maximum absolute atomic E-state index is 6.63. The molecule has 8 aromatic rings. The molecule has 0 spiro atoms. The SMILES string of the molecule is Cc1ccc(N(c2ccc(C)cc2)c2cccc(N(c3ccc(C(C)(C)C)cc3)c3cc(C)cc(N(c4ccc(C(C)(C)C)cc4)c4coc5cc6c(cc45)C(C)(C)CCC6(C)C)c3)c2)cc1. The van der Waals surface area contributed by atoms with Crippen LogP contribution in [0.2, 0.25) is 0 Å². The summed E-state index contributed by atoms with van der Waals surface area (Å²) in [5.74, 6) is 0. The third-order valence-electron chi connectivity index (χ3n) is 14.2. The minimum Gasteiger partial charge on any atom is -0.462 e. The van der Waals surface area contributed by atoms with Crippen LogP contribution in [0, 0.1) is 20.8 Å². The van der Waals surface area contributed by atoms with Gasteiger partial charge in [0.2, 0.25) is 0 Å². The van der Waals surface area contributed by atoms with Crippen LogP contribution in [0.1, 0.15) is 121 Å². The van der Waals surface area contributed by atoms with Gasteiger partial charge in [0.15, 0.2) is 0 Å². The van der Waals surface area contributed by atoms with Crippen molar-refractivity contribution < 1.29 is 4.42 Å². The number of hydrogen-bond donors (Lipinski definition) is 0. The number of furan rings is 1. The van der Waals surface area contributed by atoms with Gasteiger partial charge in [0.05, 0.1) is 5.69 Å². The minimum absolute atomic E-state index is 0.0168. The van der Waals surface area contributed by atoms with Gasteiger partial charge in [-0.3, -0.25) is 0 Å². The zero-order valence-electron chi connectivity index (χ0n) is 42.2. The molecular formula is C63H69N3O. The van der Waals surface area contributed by atoms with Gasteiger partial charge in [-0.05, 0) is 180 Å². The van der Waals surface area contributed by atoms with Crippen molar-refractivity contribution in [1.82, 2.24) is 0 Å². The lowest BCUT2D eigenvalue weighted by Gasteiger charge is -2.41. The second-order valence-corrected chi connectivity index (χ2v) is 22.6. The molecule has 0 amide bonds. The maximum atomic E-state index is 6.63. The molecule has 0 radical (unpaired) electrons. The highest BCUT2D eigenvalue weighted by Crippen LogP contribution is 2.51. The van der Waals surface area contributed by atoms with Crippen LogP contribution in [0.15, 0.2) is 162 Å². The van der Waals surface area contributed by atoms with Gasteiger partial charge < -0.3 is 19.1 Å². The van der Waals surface area contributed by atoms with E-state index in [1.165, 1.54) is 33.4 Å². The molecule has 0 saturated heterocycles.